The molecule has 0 saturated carbocycles. The minimum Gasteiger partial charge on any atom is -0.314 e. The molecule has 0 aliphatic carbocycles. The number of piperazine rings is 1. The average Bonchev–Trinajstić information content (AvgIpc) is 2.23. The summed E-state index contributed by atoms with van der Waals surface area (Å²) in [6, 6.07) is 7.22. The smallest absolute Gasteiger partial charge is 0.0447 e. The Kier molecular flexibility index (Phi) is 4.58. The number of hydrogen-bond donors (Lipinski definition) is 2. The van der Waals surface area contributed by atoms with Gasteiger partial charge in [0, 0.05) is 25.7 Å². The molecule has 3 heteroatoms. The van der Waals surface area contributed by atoms with Crippen molar-refractivity contribution in [1.29, 1.82) is 0 Å². The monoisotopic (exact) mass is 226 g/mol. The fourth-order valence-electron chi connectivity index (χ4n) is 1.87. The lowest BCUT2D eigenvalue weighted by Gasteiger charge is -2.25. The van der Waals surface area contributed by atoms with E-state index in [9.17, 15) is 0 Å². The Morgan fingerprint density at radius 2 is 1.93 bits per heavy atom. The van der Waals surface area contributed by atoms with Crippen molar-refractivity contribution >= 4 is 12.4 Å². The van der Waals surface area contributed by atoms with Gasteiger partial charge in [-0.05, 0) is 30.5 Å². The van der Waals surface area contributed by atoms with Crippen LogP contribution < -0.4 is 10.6 Å². The van der Waals surface area contributed by atoms with Crippen LogP contribution in [0.15, 0.2) is 18.2 Å². The molecule has 1 atom stereocenters. The second-order valence-electron chi connectivity index (χ2n) is 4.05. The van der Waals surface area contributed by atoms with Crippen LogP contribution in [-0.4, -0.2) is 19.6 Å². The molecule has 0 spiro atoms. The summed E-state index contributed by atoms with van der Waals surface area (Å²) in [7, 11) is 0. The maximum atomic E-state index is 3.52. The first-order valence-corrected chi connectivity index (χ1v) is 5.28. The highest BCUT2D eigenvalue weighted by molar-refractivity contribution is 5.85. The van der Waals surface area contributed by atoms with Crippen LogP contribution >= 0.6 is 12.4 Å². The second-order valence-corrected chi connectivity index (χ2v) is 4.05. The summed E-state index contributed by atoms with van der Waals surface area (Å²) in [6.45, 7) is 7.53. The summed E-state index contributed by atoms with van der Waals surface area (Å²) >= 11 is 0. The average molecular weight is 227 g/mol. The minimum absolute atomic E-state index is 0. The van der Waals surface area contributed by atoms with E-state index in [1.54, 1.807) is 0 Å². The summed E-state index contributed by atoms with van der Waals surface area (Å²) in [5, 5.41) is 6.92. The van der Waals surface area contributed by atoms with E-state index in [0.717, 1.165) is 19.6 Å². The van der Waals surface area contributed by atoms with Crippen LogP contribution in [0, 0.1) is 13.8 Å². The summed E-state index contributed by atoms with van der Waals surface area (Å²) in [5.74, 6) is 0. The van der Waals surface area contributed by atoms with E-state index in [-0.39, 0.29) is 12.4 Å². The molecule has 15 heavy (non-hydrogen) atoms. The standard InChI is InChI=1S/C12H18N2.ClH/c1-9-3-4-11(7-10(9)2)12-8-13-5-6-14-12;/h3-4,7,12-14H,5-6,8H2,1-2H3;1H/t12-;/m0./s1. The van der Waals surface area contributed by atoms with Gasteiger partial charge >= 0.3 is 0 Å². The molecule has 1 fully saturated rings. The molecule has 0 aromatic heterocycles. The van der Waals surface area contributed by atoms with Crippen LogP contribution in [0.2, 0.25) is 0 Å². The lowest BCUT2D eigenvalue weighted by Crippen LogP contribution is -2.42. The summed E-state index contributed by atoms with van der Waals surface area (Å²) in [4.78, 5) is 0. The highest BCUT2D eigenvalue weighted by Crippen LogP contribution is 2.17. The summed E-state index contributed by atoms with van der Waals surface area (Å²) in [6.07, 6.45) is 0. The topological polar surface area (TPSA) is 24.1 Å². The van der Waals surface area contributed by atoms with Gasteiger partial charge in [0.2, 0.25) is 0 Å². The third-order valence-electron chi connectivity index (χ3n) is 2.97. The molecule has 1 aromatic carbocycles. The van der Waals surface area contributed by atoms with E-state index >= 15 is 0 Å². The van der Waals surface area contributed by atoms with Gasteiger partial charge in [0.25, 0.3) is 0 Å². The van der Waals surface area contributed by atoms with Crippen molar-refractivity contribution in [3.05, 3.63) is 34.9 Å². The van der Waals surface area contributed by atoms with Crippen LogP contribution in [0.1, 0.15) is 22.7 Å². The van der Waals surface area contributed by atoms with Gasteiger partial charge in [0.1, 0.15) is 0 Å². The predicted molar refractivity (Wildman–Crippen MR) is 66.8 cm³/mol. The quantitative estimate of drug-likeness (QED) is 0.765. The normalized spacial score (nSPS) is 20.8. The molecule has 0 amide bonds. The number of halogens is 1. The summed E-state index contributed by atoms with van der Waals surface area (Å²) in [5.41, 5.74) is 4.16. The summed E-state index contributed by atoms with van der Waals surface area (Å²) < 4.78 is 0. The van der Waals surface area contributed by atoms with E-state index in [0.29, 0.717) is 6.04 Å². The van der Waals surface area contributed by atoms with Crippen molar-refractivity contribution in [2.75, 3.05) is 19.6 Å². The van der Waals surface area contributed by atoms with Crippen molar-refractivity contribution in [3.63, 3.8) is 0 Å². The molecule has 0 radical (unpaired) electrons. The van der Waals surface area contributed by atoms with Gasteiger partial charge < -0.3 is 10.6 Å². The molecule has 1 heterocycles. The second kappa shape index (κ2) is 5.50. The van der Waals surface area contributed by atoms with Gasteiger partial charge in [-0.1, -0.05) is 18.2 Å². The Balaban J connectivity index is 0.00000112. The maximum absolute atomic E-state index is 3.52. The van der Waals surface area contributed by atoms with Crippen molar-refractivity contribution in [2.45, 2.75) is 19.9 Å². The molecule has 0 bridgehead atoms. The van der Waals surface area contributed by atoms with Gasteiger partial charge in [-0.25, -0.2) is 0 Å². The Morgan fingerprint density at radius 1 is 1.13 bits per heavy atom. The molecule has 1 aliphatic rings. The van der Waals surface area contributed by atoms with Crippen LogP contribution in [0.5, 0.6) is 0 Å². The number of rotatable bonds is 1. The van der Waals surface area contributed by atoms with Gasteiger partial charge in [0.05, 0.1) is 0 Å². The zero-order valence-corrected chi connectivity index (χ0v) is 10.2. The Morgan fingerprint density at radius 3 is 2.53 bits per heavy atom. The first-order valence-electron chi connectivity index (χ1n) is 5.28. The van der Waals surface area contributed by atoms with Crippen molar-refractivity contribution in [1.82, 2.24) is 10.6 Å². The third-order valence-corrected chi connectivity index (χ3v) is 2.97. The zero-order chi connectivity index (χ0) is 9.97. The minimum atomic E-state index is 0. The van der Waals surface area contributed by atoms with Crippen molar-refractivity contribution < 1.29 is 0 Å². The largest absolute Gasteiger partial charge is 0.314 e. The van der Waals surface area contributed by atoms with Crippen molar-refractivity contribution in [3.8, 4) is 0 Å². The highest BCUT2D eigenvalue weighted by Gasteiger charge is 2.13. The van der Waals surface area contributed by atoms with E-state index in [2.05, 4.69) is 42.7 Å². The Labute approximate surface area is 97.9 Å². The number of hydrogen-bond acceptors (Lipinski definition) is 2. The fraction of sp³-hybridized carbons (Fsp3) is 0.500. The maximum Gasteiger partial charge on any atom is 0.0447 e. The molecule has 2 N–H and O–H groups in total. The molecule has 2 rings (SSSR count). The van der Waals surface area contributed by atoms with Gasteiger partial charge in [-0.2, -0.15) is 0 Å². The van der Waals surface area contributed by atoms with E-state index in [1.165, 1.54) is 16.7 Å². The van der Waals surface area contributed by atoms with Gasteiger partial charge in [0.15, 0.2) is 0 Å². The third kappa shape index (κ3) is 2.94. The molecule has 2 nitrogen and oxygen atoms in total. The van der Waals surface area contributed by atoms with Gasteiger partial charge in [-0.3, -0.25) is 0 Å². The molecule has 1 aromatic rings. The Bertz CT molecular complexity index is 319. The number of benzene rings is 1. The Hall–Kier alpha value is -0.570. The fourth-order valence-corrected chi connectivity index (χ4v) is 1.87. The molecule has 1 aliphatic heterocycles. The SMILES string of the molecule is Cc1ccc([C@@H]2CNCCN2)cc1C.Cl. The number of nitrogens with one attached hydrogen (secondary N) is 2. The molecule has 0 unspecified atom stereocenters. The van der Waals surface area contributed by atoms with Crippen molar-refractivity contribution in [2.24, 2.45) is 0 Å². The van der Waals surface area contributed by atoms with Gasteiger partial charge in [-0.15, -0.1) is 12.4 Å². The molecular formula is C12H19ClN2. The highest BCUT2D eigenvalue weighted by atomic mass is 35.5. The van der Waals surface area contributed by atoms with Crippen LogP contribution in [0.3, 0.4) is 0 Å². The van der Waals surface area contributed by atoms with E-state index in [1.807, 2.05) is 0 Å². The van der Waals surface area contributed by atoms with Crippen LogP contribution in [-0.2, 0) is 0 Å². The predicted octanol–water partition coefficient (Wildman–Crippen LogP) is 1.96. The zero-order valence-electron chi connectivity index (χ0n) is 9.34. The number of aryl methyl sites for hydroxylation is 2. The molecular weight excluding hydrogens is 208 g/mol. The lowest BCUT2D eigenvalue weighted by atomic mass is 10.0. The van der Waals surface area contributed by atoms with Crippen LogP contribution in [0.25, 0.3) is 0 Å². The van der Waals surface area contributed by atoms with E-state index < -0.39 is 0 Å². The molecule has 1 saturated heterocycles. The lowest BCUT2D eigenvalue weighted by molar-refractivity contribution is 0.430. The van der Waals surface area contributed by atoms with E-state index in [4.69, 9.17) is 0 Å². The first kappa shape index (κ1) is 12.5. The first-order chi connectivity index (χ1) is 6.77. The molecule has 84 valence electrons. The van der Waals surface area contributed by atoms with Crippen LogP contribution in [0.4, 0.5) is 0 Å².